The topological polar surface area (TPSA) is 46.3 Å². The van der Waals surface area contributed by atoms with Crippen LogP contribution in [0.15, 0.2) is 30.3 Å². The van der Waals surface area contributed by atoms with E-state index in [1.54, 1.807) is 0 Å². The third kappa shape index (κ3) is 5.22. The first kappa shape index (κ1) is 18.3. The van der Waals surface area contributed by atoms with Gasteiger partial charge in [-0.15, -0.1) is 12.4 Å². The number of benzene rings is 1. The average Bonchev–Trinajstić information content (AvgIpc) is 3.39. The van der Waals surface area contributed by atoms with Crippen LogP contribution in [-0.4, -0.2) is 23.4 Å². The van der Waals surface area contributed by atoms with Crippen LogP contribution in [0.4, 0.5) is 0 Å². The van der Waals surface area contributed by atoms with Gasteiger partial charge in [-0.3, -0.25) is 4.79 Å². The molecule has 1 amide bonds. The normalized spacial score (nSPS) is 19.7. The van der Waals surface area contributed by atoms with Gasteiger partial charge in [0.1, 0.15) is 0 Å². The van der Waals surface area contributed by atoms with Crippen LogP contribution < -0.4 is 5.73 Å². The second-order valence-corrected chi connectivity index (χ2v) is 7.00. The summed E-state index contributed by atoms with van der Waals surface area (Å²) < 4.78 is 0. The van der Waals surface area contributed by atoms with Gasteiger partial charge in [0.15, 0.2) is 0 Å². The van der Waals surface area contributed by atoms with Crippen molar-refractivity contribution in [3.63, 3.8) is 0 Å². The third-order valence-corrected chi connectivity index (χ3v) is 5.11. The van der Waals surface area contributed by atoms with Gasteiger partial charge in [0, 0.05) is 25.0 Å². The molecule has 2 aliphatic carbocycles. The van der Waals surface area contributed by atoms with Crippen LogP contribution in [0.2, 0.25) is 0 Å². The van der Waals surface area contributed by atoms with Crippen molar-refractivity contribution >= 4 is 18.3 Å². The van der Waals surface area contributed by atoms with E-state index < -0.39 is 0 Å². The second-order valence-electron chi connectivity index (χ2n) is 7.00. The maximum atomic E-state index is 12.7. The fraction of sp³-hybridized carbons (Fsp3) is 0.632. The number of carbonyl (C=O) groups excluding carboxylic acids is 1. The van der Waals surface area contributed by atoms with Gasteiger partial charge in [-0.05, 0) is 37.2 Å². The van der Waals surface area contributed by atoms with Gasteiger partial charge < -0.3 is 10.6 Å². The summed E-state index contributed by atoms with van der Waals surface area (Å²) in [5, 5.41) is 0. The molecule has 3 nitrogen and oxygen atoms in total. The van der Waals surface area contributed by atoms with Crippen molar-refractivity contribution in [2.24, 2.45) is 11.7 Å². The molecule has 1 aromatic carbocycles. The van der Waals surface area contributed by atoms with E-state index in [-0.39, 0.29) is 24.4 Å². The largest absolute Gasteiger partial charge is 0.339 e. The van der Waals surface area contributed by atoms with Crippen molar-refractivity contribution in [2.45, 2.75) is 63.5 Å². The van der Waals surface area contributed by atoms with Crippen molar-refractivity contribution in [3.05, 3.63) is 35.9 Å². The lowest BCUT2D eigenvalue weighted by molar-refractivity contribution is -0.133. The van der Waals surface area contributed by atoms with Gasteiger partial charge in [0.2, 0.25) is 5.91 Å². The zero-order valence-corrected chi connectivity index (χ0v) is 14.6. The molecule has 0 heterocycles. The summed E-state index contributed by atoms with van der Waals surface area (Å²) in [6.07, 6.45) is 9.42. The first-order valence-electron chi connectivity index (χ1n) is 8.84. The van der Waals surface area contributed by atoms with E-state index in [0.29, 0.717) is 18.4 Å². The summed E-state index contributed by atoms with van der Waals surface area (Å²) >= 11 is 0. The van der Waals surface area contributed by atoms with E-state index in [1.165, 1.54) is 44.9 Å². The molecule has 2 saturated carbocycles. The Balaban J connectivity index is 0.00000192. The number of hydrogen-bond donors (Lipinski definition) is 1. The molecule has 0 saturated heterocycles. The second kappa shape index (κ2) is 8.70. The van der Waals surface area contributed by atoms with Crippen LogP contribution in [0, 0.1) is 5.92 Å². The van der Waals surface area contributed by atoms with Crippen molar-refractivity contribution < 1.29 is 4.79 Å². The zero-order valence-electron chi connectivity index (χ0n) is 13.8. The number of amides is 1. The standard InChI is InChI=1S/C19H28N2O.ClH/c20-18(16-9-5-2-6-10-16)13-19(22)21(17-11-12-17)14-15-7-3-1-4-8-15;/h2,5-6,9-10,15,17-18H,1,3-4,7-8,11-14,20H2;1H. The molecule has 1 unspecified atom stereocenters. The lowest BCUT2D eigenvalue weighted by Crippen LogP contribution is -2.39. The van der Waals surface area contributed by atoms with Crippen LogP contribution in [0.1, 0.15) is 63.0 Å². The highest BCUT2D eigenvalue weighted by Crippen LogP contribution is 2.32. The van der Waals surface area contributed by atoms with E-state index in [2.05, 4.69) is 4.90 Å². The SMILES string of the molecule is Cl.NC(CC(=O)N(CC1CCCCC1)C1CC1)c1ccccc1. The summed E-state index contributed by atoms with van der Waals surface area (Å²) in [6.45, 7) is 0.963. The highest BCUT2D eigenvalue weighted by Gasteiger charge is 2.34. The molecule has 1 atom stereocenters. The van der Waals surface area contributed by atoms with Gasteiger partial charge in [0.05, 0.1) is 0 Å². The summed E-state index contributed by atoms with van der Waals surface area (Å²) in [7, 11) is 0. The molecule has 2 N–H and O–H groups in total. The zero-order chi connectivity index (χ0) is 15.4. The molecule has 2 aliphatic rings. The Morgan fingerprint density at radius 1 is 1.09 bits per heavy atom. The van der Waals surface area contributed by atoms with Gasteiger partial charge >= 0.3 is 0 Å². The maximum Gasteiger partial charge on any atom is 0.224 e. The van der Waals surface area contributed by atoms with Crippen LogP contribution in [-0.2, 0) is 4.79 Å². The molecule has 4 heteroatoms. The van der Waals surface area contributed by atoms with Crippen LogP contribution >= 0.6 is 12.4 Å². The summed E-state index contributed by atoms with van der Waals surface area (Å²) in [5.41, 5.74) is 7.30. The van der Waals surface area contributed by atoms with Gasteiger partial charge in [-0.2, -0.15) is 0 Å². The lowest BCUT2D eigenvalue weighted by Gasteiger charge is -2.30. The number of carbonyl (C=O) groups is 1. The fourth-order valence-corrected chi connectivity index (χ4v) is 3.61. The predicted octanol–water partition coefficient (Wildman–Crippen LogP) is 4.07. The van der Waals surface area contributed by atoms with E-state index in [1.807, 2.05) is 30.3 Å². The molecule has 23 heavy (non-hydrogen) atoms. The summed E-state index contributed by atoms with van der Waals surface area (Å²) in [5.74, 6) is 0.968. The molecule has 3 rings (SSSR count). The minimum Gasteiger partial charge on any atom is -0.339 e. The summed E-state index contributed by atoms with van der Waals surface area (Å²) in [6, 6.07) is 10.3. The van der Waals surface area contributed by atoms with E-state index >= 15 is 0 Å². The summed E-state index contributed by atoms with van der Waals surface area (Å²) in [4.78, 5) is 14.9. The minimum atomic E-state index is -0.179. The van der Waals surface area contributed by atoms with Crippen molar-refractivity contribution in [2.75, 3.05) is 6.54 Å². The number of nitrogens with zero attached hydrogens (tertiary/aromatic N) is 1. The molecule has 128 valence electrons. The van der Waals surface area contributed by atoms with E-state index in [0.717, 1.165) is 12.1 Å². The smallest absolute Gasteiger partial charge is 0.224 e. The predicted molar refractivity (Wildman–Crippen MR) is 96.5 cm³/mol. The third-order valence-electron chi connectivity index (χ3n) is 5.11. The van der Waals surface area contributed by atoms with Crippen molar-refractivity contribution in [1.29, 1.82) is 0 Å². The Hall–Kier alpha value is -1.06. The van der Waals surface area contributed by atoms with Crippen molar-refractivity contribution in [1.82, 2.24) is 4.90 Å². The molecule has 0 bridgehead atoms. The number of nitrogens with two attached hydrogens (primary N) is 1. The Morgan fingerprint density at radius 2 is 1.74 bits per heavy atom. The van der Waals surface area contributed by atoms with Gasteiger partial charge in [-0.1, -0.05) is 49.6 Å². The van der Waals surface area contributed by atoms with Crippen LogP contribution in [0.5, 0.6) is 0 Å². The molecule has 0 aromatic heterocycles. The fourth-order valence-electron chi connectivity index (χ4n) is 3.61. The van der Waals surface area contributed by atoms with Crippen molar-refractivity contribution in [3.8, 4) is 0 Å². The first-order chi connectivity index (χ1) is 10.7. The average molecular weight is 337 g/mol. The van der Waals surface area contributed by atoms with Gasteiger partial charge in [0.25, 0.3) is 0 Å². The Labute approximate surface area is 146 Å². The van der Waals surface area contributed by atoms with Crippen LogP contribution in [0.25, 0.3) is 0 Å². The minimum absolute atomic E-state index is 0. The lowest BCUT2D eigenvalue weighted by atomic mass is 9.88. The Kier molecular flexibility index (Phi) is 6.91. The Bertz CT molecular complexity index is 483. The van der Waals surface area contributed by atoms with E-state index in [4.69, 9.17) is 5.73 Å². The first-order valence-corrected chi connectivity index (χ1v) is 8.84. The molecular weight excluding hydrogens is 308 g/mol. The monoisotopic (exact) mass is 336 g/mol. The number of halogens is 1. The van der Waals surface area contributed by atoms with Gasteiger partial charge in [-0.25, -0.2) is 0 Å². The molecule has 0 radical (unpaired) electrons. The molecule has 2 fully saturated rings. The maximum absolute atomic E-state index is 12.7. The number of rotatable bonds is 6. The molecule has 1 aromatic rings. The Morgan fingerprint density at radius 3 is 2.35 bits per heavy atom. The van der Waals surface area contributed by atoms with Crippen LogP contribution in [0.3, 0.4) is 0 Å². The highest BCUT2D eigenvalue weighted by atomic mass is 35.5. The van der Waals surface area contributed by atoms with E-state index in [9.17, 15) is 4.79 Å². The highest BCUT2D eigenvalue weighted by molar-refractivity contribution is 5.85. The number of hydrogen-bond acceptors (Lipinski definition) is 2. The molecular formula is C19H29ClN2O. The quantitative estimate of drug-likeness (QED) is 0.851. The molecule has 0 aliphatic heterocycles. The molecule has 0 spiro atoms.